The number of nitrogens with one attached hydrogen (secondary N) is 1. The molecule has 1 aliphatic heterocycles. The average molecular weight is 376 g/mol. The van der Waals surface area contributed by atoms with Crippen LogP contribution in [0.15, 0.2) is 24.3 Å². The van der Waals surface area contributed by atoms with Crippen LogP contribution in [0.2, 0.25) is 0 Å². The number of carbonyl (C=O) groups excluding carboxylic acids is 2. The Balaban J connectivity index is 1.69. The lowest BCUT2D eigenvalue weighted by Gasteiger charge is -2.21. The zero-order chi connectivity index (χ0) is 19.6. The van der Waals surface area contributed by atoms with Gasteiger partial charge >= 0.3 is 6.09 Å². The fourth-order valence-electron chi connectivity index (χ4n) is 3.13. The molecule has 1 saturated heterocycles. The molecule has 150 valence electrons. The first-order valence-corrected chi connectivity index (χ1v) is 9.91. The molecular weight excluding hydrogens is 342 g/mol. The van der Waals surface area contributed by atoms with Crippen molar-refractivity contribution in [3.63, 3.8) is 0 Å². The summed E-state index contributed by atoms with van der Waals surface area (Å²) in [5, 5.41) is 3.01. The van der Waals surface area contributed by atoms with E-state index in [1.165, 1.54) is 11.1 Å². The topological polar surface area (TPSA) is 61.9 Å². The van der Waals surface area contributed by atoms with Crippen molar-refractivity contribution in [1.29, 1.82) is 0 Å². The number of amides is 2. The molecule has 1 fully saturated rings. The third-order valence-electron chi connectivity index (χ3n) is 4.73. The van der Waals surface area contributed by atoms with E-state index in [1.807, 2.05) is 26.0 Å². The van der Waals surface area contributed by atoms with Gasteiger partial charge in [-0.1, -0.05) is 38.1 Å². The van der Waals surface area contributed by atoms with Crippen LogP contribution in [0, 0.1) is 12.8 Å². The van der Waals surface area contributed by atoms with Crippen molar-refractivity contribution in [2.45, 2.75) is 33.6 Å². The SMILES string of the molecule is Cc1ccccc1CCNC(=O)CN1CCCN(C(=O)OCC(C)C)CC1. The van der Waals surface area contributed by atoms with Crippen molar-refractivity contribution in [3.8, 4) is 0 Å². The summed E-state index contributed by atoms with van der Waals surface area (Å²) in [5.41, 5.74) is 2.52. The van der Waals surface area contributed by atoms with Gasteiger partial charge in [-0.25, -0.2) is 4.79 Å². The lowest BCUT2D eigenvalue weighted by atomic mass is 10.1. The summed E-state index contributed by atoms with van der Waals surface area (Å²) in [6, 6.07) is 8.24. The van der Waals surface area contributed by atoms with Crippen LogP contribution in [0.3, 0.4) is 0 Å². The van der Waals surface area contributed by atoms with Crippen LogP contribution in [0.5, 0.6) is 0 Å². The van der Waals surface area contributed by atoms with Crippen LogP contribution in [0.25, 0.3) is 0 Å². The van der Waals surface area contributed by atoms with E-state index in [0.717, 1.165) is 19.4 Å². The predicted molar refractivity (Wildman–Crippen MR) is 107 cm³/mol. The molecule has 0 aliphatic carbocycles. The fourth-order valence-corrected chi connectivity index (χ4v) is 3.13. The molecule has 0 radical (unpaired) electrons. The Morgan fingerprint density at radius 3 is 2.67 bits per heavy atom. The normalized spacial score (nSPS) is 15.5. The number of nitrogens with zero attached hydrogens (tertiary/aromatic N) is 2. The van der Waals surface area contributed by atoms with E-state index in [2.05, 4.69) is 29.3 Å². The summed E-state index contributed by atoms with van der Waals surface area (Å²) >= 11 is 0. The second-order valence-electron chi connectivity index (χ2n) is 7.61. The monoisotopic (exact) mass is 375 g/mol. The van der Waals surface area contributed by atoms with Crippen LogP contribution in [-0.4, -0.2) is 67.7 Å². The van der Waals surface area contributed by atoms with E-state index in [-0.39, 0.29) is 12.0 Å². The largest absolute Gasteiger partial charge is 0.449 e. The molecule has 0 bridgehead atoms. The van der Waals surface area contributed by atoms with Crippen molar-refractivity contribution in [3.05, 3.63) is 35.4 Å². The second-order valence-corrected chi connectivity index (χ2v) is 7.61. The molecule has 2 amide bonds. The molecule has 1 aromatic carbocycles. The van der Waals surface area contributed by atoms with Crippen LogP contribution < -0.4 is 5.32 Å². The Bertz CT molecular complexity index is 618. The Labute approximate surface area is 162 Å². The summed E-state index contributed by atoms with van der Waals surface area (Å²) in [6.45, 7) is 10.4. The maximum atomic E-state index is 12.2. The fraction of sp³-hybridized carbons (Fsp3) is 0.619. The molecule has 6 nitrogen and oxygen atoms in total. The maximum absolute atomic E-state index is 12.2. The molecule has 0 unspecified atom stereocenters. The van der Waals surface area contributed by atoms with Gasteiger partial charge in [0, 0.05) is 32.7 Å². The number of benzene rings is 1. The summed E-state index contributed by atoms with van der Waals surface area (Å²) < 4.78 is 5.31. The quantitative estimate of drug-likeness (QED) is 0.795. The van der Waals surface area contributed by atoms with E-state index in [0.29, 0.717) is 45.2 Å². The minimum absolute atomic E-state index is 0.0411. The summed E-state index contributed by atoms with van der Waals surface area (Å²) in [4.78, 5) is 28.2. The molecule has 2 rings (SSSR count). The predicted octanol–water partition coefficient (Wildman–Crippen LogP) is 2.45. The van der Waals surface area contributed by atoms with Crippen molar-refractivity contribution < 1.29 is 14.3 Å². The zero-order valence-electron chi connectivity index (χ0n) is 16.9. The van der Waals surface area contributed by atoms with Crippen LogP contribution >= 0.6 is 0 Å². The molecule has 1 heterocycles. The van der Waals surface area contributed by atoms with E-state index < -0.39 is 0 Å². The van der Waals surface area contributed by atoms with Crippen LogP contribution in [0.4, 0.5) is 4.79 Å². The van der Waals surface area contributed by atoms with Gasteiger partial charge < -0.3 is 15.0 Å². The molecule has 0 aromatic heterocycles. The van der Waals surface area contributed by atoms with Crippen molar-refractivity contribution in [2.24, 2.45) is 5.92 Å². The third-order valence-corrected chi connectivity index (χ3v) is 4.73. The van der Waals surface area contributed by atoms with Gasteiger partial charge in [0.2, 0.25) is 5.91 Å². The van der Waals surface area contributed by atoms with Crippen LogP contribution in [-0.2, 0) is 16.0 Å². The molecular formula is C21H33N3O3. The molecule has 1 aliphatic rings. The van der Waals surface area contributed by atoms with Gasteiger partial charge in [-0.05, 0) is 36.8 Å². The Morgan fingerprint density at radius 1 is 1.15 bits per heavy atom. The van der Waals surface area contributed by atoms with Gasteiger partial charge in [0.05, 0.1) is 13.2 Å². The molecule has 27 heavy (non-hydrogen) atoms. The highest BCUT2D eigenvalue weighted by Crippen LogP contribution is 2.08. The molecule has 6 heteroatoms. The maximum Gasteiger partial charge on any atom is 0.409 e. The van der Waals surface area contributed by atoms with E-state index in [9.17, 15) is 9.59 Å². The smallest absolute Gasteiger partial charge is 0.409 e. The zero-order valence-corrected chi connectivity index (χ0v) is 16.9. The number of carbonyl (C=O) groups is 2. The highest BCUT2D eigenvalue weighted by molar-refractivity contribution is 5.78. The number of hydrogen-bond donors (Lipinski definition) is 1. The van der Waals surface area contributed by atoms with E-state index in [1.54, 1.807) is 4.90 Å². The minimum atomic E-state index is -0.242. The number of ether oxygens (including phenoxy) is 1. The summed E-state index contributed by atoms with van der Waals surface area (Å²) in [7, 11) is 0. The summed E-state index contributed by atoms with van der Waals surface area (Å²) in [5.74, 6) is 0.375. The first kappa shape index (κ1) is 21.2. The van der Waals surface area contributed by atoms with Gasteiger partial charge in [0.1, 0.15) is 0 Å². The van der Waals surface area contributed by atoms with Gasteiger partial charge in [-0.15, -0.1) is 0 Å². The molecule has 0 saturated carbocycles. The highest BCUT2D eigenvalue weighted by atomic mass is 16.6. The minimum Gasteiger partial charge on any atom is -0.449 e. The van der Waals surface area contributed by atoms with Gasteiger partial charge in [-0.3, -0.25) is 9.69 Å². The molecule has 1 aromatic rings. The van der Waals surface area contributed by atoms with E-state index >= 15 is 0 Å². The van der Waals surface area contributed by atoms with Crippen molar-refractivity contribution in [1.82, 2.24) is 15.1 Å². The second kappa shape index (κ2) is 10.9. The van der Waals surface area contributed by atoms with E-state index in [4.69, 9.17) is 4.74 Å². The lowest BCUT2D eigenvalue weighted by Crippen LogP contribution is -2.40. The third kappa shape index (κ3) is 7.59. The number of rotatable bonds is 7. The molecule has 1 N–H and O–H groups in total. The Kier molecular flexibility index (Phi) is 8.58. The number of hydrogen-bond acceptors (Lipinski definition) is 4. The van der Waals surface area contributed by atoms with Crippen molar-refractivity contribution in [2.75, 3.05) is 45.9 Å². The van der Waals surface area contributed by atoms with Crippen LogP contribution in [0.1, 0.15) is 31.4 Å². The van der Waals surface area contributed by atoms with Gasteiger partial charge in [0.25, 0.3) is 0 Å². The first-order chi connectivity index (χ1) is 13.0. The lowest BCUT2D eigenvalue weighted by molar-refractivity contribution is -0.122. The van der Waals surface area contributed by atoms with Gasteiger partial charge in [-0.2, -0.15) is 0 Å². The highest BCUT2D eigenvalue weighted by Gasteiger charge is 2.21. The average Bonchev–Trinajstić information content (AvgIpc) is 2.87. The standard InChI is InChI=1S/C21H33N3O3/c1-17(2)16-27-21(26)24-12-6-11-23(13-14-24)15-20(25)22-10-9-19-8-5-4-7-18(19)3/h4-5,7-8,17H,6,9-16H2,1-3H3,(H,22,25). The molecule has 0 spiro atoms. The van der Waals surface area contributed by atoms with Crippen molar-refractivity contribution >= 4 is 12.0 Å². The Hall–Kier alpha value is -2.08. The molecule has 0 atom stereocenters. The number of aryl methyl sites for hydroxylation is 1. The summed E-state index contributed by atoms with van der Waals surface area (Å²) in [6.07, 6.45) is 1.45. The van der Waals surface area contributed by atoms with Gasteiger partial charge in [0.15, 0.2) is 0 Å². The first-order valence-electron chi connectivity index (χ1n) is 9.91. The Morgan fingerprint density at radius 2 is 1.93 bits per heavy atom.